The Hall–Kier alpha value is -0.0800. The third kappa shape index (κ3) is 4.06. The summed E-state index contributed by atoms with van der Waals surface area (Å²) in [5.41, 5.74) is 0.566. The molecule has 1 aliphatic heterocycles. The highest BCUT2D eigenvalue weighted by Crippen LogP contribution is 2.30. The Morgan fingerprint density at radius 3 is 2.25 bits per heavy atom. The predicted molar refractivity (Wildman–Crippen MR) is 71.8 cm³/mol. The molecule has 2 nitrogen and oxygen atoms in total. The summed E-state index contributed by atoms with van der Waals surface area (Å²) >= 11 is 0. The quantitative estimate of drug-likeness (QED) is 0.775. The van der Waals surface area contributed by atoms with Crippen molar-refractivity contribution in [1.82, 2.24) is 10.2 Å². The fraction of sp³-hybridized carbons (Fsp3) is 1.00. The van der Waals surface area contributed by atoms with E-state index in [0.29, 0.717) is 17.5 Å². The molecule has 0 aliphatic carbocycles. The summed E-state index contributed by atoms with van der Waals surface area (Å²) in [7, 11) is 0. The molecule has 0 spiro atoms. The van der Waals surface area contributed by atoms with Gasteiger partial charge in [0, 0.05) is 12.1 Å². The molecule has 2 unspecified atom stereocenters. The number of nitrogens with one attached hydrogen (secondary N) is 1. The zero-order chi connectivity index (χ0) is 12.2. The highest BCUT2D eigenvalue weighted by atomic mass is 15.2. The van der Waals surface area contributed by atoms with E-state index in [-0.39, 0.29) is 0 Å². The highest BCUT2D eigenvalue weighted by molar-refractivity contribution is 4.84. The Bertz CT molecular complexity index is 191. The molecule has 0 aromatic rings. The zero-order valence-electron chi connectivity index (χ0n) is 11.8. The summed E-state index contributed by atoms with van der Waals surface area (Å²) in [4.78, 5) is 2.65. The molecule has 1 rings (SSSR count). The van der Waals surface area contributed by atoms with Gasteiger partial charge in [0.15, 0.2) is 0 Å². The highest BCUT2D eigenvalue weighted by Gasteiger charge is 2.29. The van der Waals surface area contributed by atoms with Crippen LogP contribution < -0.4 is 5.32 Å². The average molecular weight is 226 g/mol. The fourth-order valence-electron chi connectivity index (χ4n) is 2.40. The topological polar surface area (TPSA) is 15.3 Å². The van der Waals surface area contributed by atoms with Gasteiger partial charge < -0.3 is 5.32 Å². The van der Waals surface area contributed by atoms with Crippen molar-refractivity contribution in [3.05, 3.63) is 0 Å². The van der Waals surface area contributed by atoms with Gasteiger partial charge >= 0.3 is 0 Å². The molecule has 2 heteroatoms. The van der Waals surface area contributed by atoms with Crippen LogP contribution >= 0.6 is 0 Å². The van der Waals surface area contributed by atoms with E-state index in [2.05, 4.69) is 44.8 Å². The zero-order valence-corrected chi connectivity index (χ0v) is 11.8. The van der Waals surface area contributed by atoms with E-state index in [4.69, 9.17) is 0 Å². The molecule has 0 amide bonds. The molecule has 0 aromatic heterocycles. The van der Waals surface area contributed by atoms with Gasteiger partial charge in [-0.3, -0.25) is 4.90 Å². The van der Waals surface area contributed by atoms with E-state index in [9.17, 15) is 0 Å². The van der Waals surface area contributed by atoms with Gasteiger partial charge in [-0.1, -0.05) is 20.8 Å². The molecule has 1 aliphatic rings. The Morgan fingerprint density at radius 2 is 1.75 bits per heavy atom. The largest absolute Gasteiger partial charge is 0.313 e. The molecule has 1 saturated heterocycles. The minimum atomic E-state index is 0.566. The van der Waals surface area contributed by atoms with Crippen LogP contribution in [-0.4, -0.2) is 36.6 Å². The van der Waals surface area contributed by atoms with Gasteiger partial charge in [-0.05, 0) is 58.2 Å². The Morgan fingerprint density at radius 1 is 1.19 bits per heavy atom. The summed E-state index contributed by atoms with van der Waals surface area (Å²) in [6.45, 7) is 15.4. The maximum atomic E-state index is 3.61. The van der Waals surface area contributed by atoms with Crippen LogP contribution in [-0.2, 0) is 0 Å². The summed E-state index contributed by atoms with van der Waals surface area (Å²) < 4.78 is 0. The summed E-state index contributed by atoms with van der Waals surface area (Å²) in [5.74, 6) is 0. The third-order valence-corrected chi connectivity index (χ3v) is 4.17. The van der Waals surface area contributed by atoms with Crippen molar-refractivity contribution in [2.75, 3.05) is 19.6 Å². The molecule has 1 heterocycles. The van der Waals surface area contributed by atoms with E-state index < -0.39 is 0 Å². The van der Waals surface area contributed by atoms with Gasteiger partial charge in [0.25, 0.3) is 0 Å². The molecule has 2 atom stereocenters. The average Bonchev–Trinajstić information content (AvgIpc) is 2.25. The molecular formula is C14H30N2. The van der Waals surface area contributed by atoms with E-state index >= 15 is 0 Å². The van der Waals surface area contributed by atoms with Crippen molar-refractivity contribution in [1.29, 1.82) is 0 Å². The van der Waals surface area contributed by atoms with Crippen molar-refractivity contribution in [3.8, 4) is 0 Å². The molecule has 0 radical (unpaired) electrons. The number of nitrogens with zero attached hydrogens (tertiary/aromatic N) is 1. The first-order chi connectivity index (χ1) is 7.46. The maximum absolute atomic E-state index is 3.61. The van der Waals surface area contributed by atoms with Crippen LogP contribution in [0.3, 0.4) is 0 Å². The minimum absolute atomic E-state index is 0.566. The van der Waals surface area contributed by atoms with Crippen LogP contribution in [0.4, 0.5) is 0 Å². The molecule has 96 valence electrons. The minimum Gasteiger partial charge on any atom is -0.313 e. The number of piperidine rings is 1. The normalized spacial score (nSPS) is 25.3. The number of hydrogen-bond acceptors (Lipinski definition) is 2. The van der Waals surface area contributed by atoms with Crippen LogP contribution in [0.15, 0.2) is 0 Å². The second kappa shape index (κ2) is 6.02. The standard InChI is InChI=1S/C14H30N2/c1-6-9-15-12(2)13(3)16-10-7-14(4,5)8-11-16/h12-13,15H,6-11H2,1-5H3. The Balaban J connectivity index is 2.34. The van der Waals surface area contributed by atoms with Gasteiger partial charge in [-0.2, -0.15) is 0 Å². The van der Waals surface area contributed by atoms with Crippen LogP contribution in [0, 0.1) is 5.41 Å². The van der Waals surface area contributed by atoms with Crippen LogP contribution in [0.25, 0.3) is 0 Å². The molecule has 0 bridgehead atoms. The van der Waals surface area contributed by atoms with Crippen molar-refractivity contribution in [2.45, 2.75) is 66.0 Å². The van der Waals surface area contributed by atoms with Gasteiger partial charge in [-0.15, -0.1) is 0 Å². The van der Waals surface area contributed by atoms with Gasteiger partial charge in [0.2, 0.25) is 0 Å². The van der Waals surface area contributed by atoms with Crippen molar-refractivity contribution in [2.24, 2.45) is 5.41 Å². The number of rotatable bonds is 5. The lowest BCUT2D eigenvalue weighted by atomic mass is 9.82. The van der Waals surface area contributed by atoms with E-state index in [1.54, 1.807) is 0 Å². The molecule has 0 saturated carbocycles. The molecule has 0 aromatic carbocycles. The van der Waals surface area contributed by atoms with Gasteiger partial charge in [0.1, 0.15) is 0 Å². The van der Waals surface area contributed by atoms with E-state index in [1.807, 2.05) is 0 Å². The number of likely N-dealkylation sites (tertiary alicyclic amines) is 1. The van der Waals surface area contributed by atoms with Gasteiger partial charge in [0.05, 0.1) is 0 Å². The van der Waals surface area contributed by atoms with Crippen molar-refractivity contribution < 1.29 is 0 Å². The first-order valence-electron chi connectivity index (χ1n) is 6.94. The second-order valence-corrected chi connectivity index (χ2v) is 6.18. The first kappa shape index (κ1) is 14.0. The molecule has 1 N–H and O–H groups in total. The van der Waals surface area contributed by atoms with Gasteiger partial charge in [-0.25, -0.2) is 0 Å². The first-order valence-corrected chi connectivity index (χ1v) is 6.94. The lowest BCUT2D eigenvalue weighted by Crippen LogP contribution is -2.50. The number of hydrogen-bond donors (Lipinski definition) is 1. The molecular weight excluding hydrogens is 196 g/mol. The predicted octanol–water partition coefficient (Wildman–Crippen LogP) is 2.89. The van der Waals surface area contributed by atoms with Crippen LogP contribution in [0.1, 0.15) is 53.9 Å². The van der Waals surface area contributed by atoms with Crippen molar-refractivity contribution >= 4 is 0 Å². The monoisotopic (exact) mass is 226 g/mol. The lowest BCUT2D eigenvalue weighted by molar-refractivity contribution is 0.0861. The molecule has 1 fully saturated rings. The Labute approximate surface area is 102 Å². The second-order valence-electron chi connectivity index (χ2n) is 6.18. The van der Waals surface area contributed by atoms with Crippen LogP contribution in [0.5, 0.6) is 0 Å². The maximum Gasteiger partial charge on any atom is 0.0218 e. The lowest BCUT2D eigenvalue weighted by Gasteiger charge is -2.42. The summed E-state index contributed by atoms with van der Waals surface area (Å²) in [6.07, 6.45) is 3.92. The van der Waals surface area contributed by atoms with E-state index in [0.717, 1.165) is 6.54 Å². The Kier molecular flexibility index (Phi) is 5.26. The SMILES string of the molecule is CCCNC(C)C(C)N1CCC(C)(C)CC1. The summed E-state index contributed by atoms with van der Waals surface area (Å²) in [6, 6.07) is 1.28. The molecule has 16 heavy (non-hydrogen) atoms. The fourth-order valence-corrected chi connectivity index (χ4v) is 2.40. The third-order valence-electron chi connectivity index (χ3n) is 4.17. The summed E-state index contributed by atoms with van der Waals surface area (Å²) in [5, 5.41) is 3.61. The van der Waals surface area contributed by atoms with E-state index in [1.165, 1.54) is 32.4 Å². The van der Waals surface area contributed by atoms with Crippen molar-refractivity contribution in [3.63, 3.8) is 0 Å². The smallest absolute Gasteiger partial charge is 0.0218 e. The van der Waals surface area contributed by atoms with Crippen LogP contribution in [0.2, 0.25) is 0 Å².